The SMILES string of the molecule is CCCC=CCCC(C(=O)OCC1c2ccccc2-c2ccccc21)[C@@](C)(N)C(=O)O. The van der Waals surface area contributed by atoms with Gasteiger partial charge in [0.15, 0.2) is 0 Å². The number of allylic oxidation sites excluding steroid dienone is 2. The van der Waals surface area contributed by atoms with Crippen LogP contribution < -0.4 is 5.73 Å². The molecule has 0 saturated carbocycles. The lowest BCUT2D eigenvalue weighted by Crippen LogP contribution is -2.54. The monoisotopic (exact) mass is 421 g/mol. The first-order valence-electron chi connectivity index (χ1n) is 10.9. The number of carbonyl (C=O) groups is 2. The molecule has 0 saturated heterocycles. The Morgan fingerprint density at radius 1 is 1.06 bits per heavy atom. The van der Waals surface area contributed by atoms with Gasteiger partial charge in [0.05, 0.1) is 5.92 Å². The van der Waals surface area contributed by atoms with Crippen LogP contribution >= 0.6 is 0 Å². The standard InChI is InChI=1S/C26H31NO4/c1-3-4-5-6-7-16-23(26(2,27)25(29)30)24(28)31-17-22-20-14-10-8-12-18(20)19-13-9-11-15-21(19)22/h5-6,8-15,22-23H,3-4,7,16-17,27H2,1-2H3,(H,29,30)/t23?,26-/m1/s1. The Hall–Kier alpha value is -2.92. The second-order valence-corrected chi connectivity index (χ2v) is 8.33. The Labute approximate surface area is 183 Å². The fraction of sp³-hybridized carbons (Fsp3) is 0.385. The minimum atomic E-state index is -1.69. The number of rotatable bonds is 10. The van der Waals surface area contributed by atoms with E-state index in [-0.39, 0.29) is 12.5 Å². The zero-order chi connectivity index (χ0) is 22.4. The smallest absolute Gasteiger partial charge is 0.324 e. The van der Waals surface area contributed by atoms with Crippen molar-refractivity contribution >= 4 is 11.9 Å². The fourth-order valence-corrected chi connectivity index (χ4v) is 4.18. The third-order valence-corrected chi connectivity index (χ3v) is 6.07. The minimum Gasteiger partial charge on any atom is -0.480 e. The van der Waals surface area contributed by atoms with Gasteiger partial charge in [-0.15, -0.1) is 0 Å². The lowest BCUT2D eigenvalue weighted by Gasteiger charge is -2.29. The average molecular weight is 422 g/mol. The number of carboxylic acid groups (broad SMARTS) is 1. The molecule has 3 N–H and O–H groups in total. The number of fused-ring (bicyclic) bond motifs is 3. The van der Waals surface area contributed by atoms with Gasteiger partial charge in [0, 0.05) is 5.92 Å². The first kappa shape index (κ1) is 22.8. The van der Waals surface area contributed by atoms with Crippen LogP contribution in [0.3, 0.4) is 0 Å². The van der Waals surface area contributed by atoms with Gasteiger partial charge in [-0.2, -0.15) is 0 Å². The quantitative estimate of drug-likeness (QED) is 0.421. The van der Waals surface area contributed by atoms with Crippen molar-refractivity contribution in [3.63, 3.8) is 0 Å². The number of ether oxygens (including phenoxy) is 1. The molecule has 5 heteroatoms. The van der Waals surface area contributed by atoms with E-state index in [9.17, 15) is 14.7 Å². The Morgan fingerprint density at radius 3 is 2.16 bits per heavy atom. The van der Waals surface area contributed by atoms with Gasteiger partial charge in [-0.3, -0.25) is 9.59 Å². The third-order valence-electron chi connectivity index (χ3n) is 6.07. The highest BCUT2D eigenvalue weighted by molar-refractivity contribution is 5.87. The summed E-state index contributed by atoms with van der Waals surface area (Å²) >= 11 is 0. The first-order chi connectivity index (χ1) is 14.9. The maximum atomic E-state index is 13.0. The number of hydrogen-bond acceptors (Lipinski definition) is 4. The van der Waals surface area contributed by atoms with Gasteiger partial charge >= 0.3 is 11.9 Å². The molecule has 3 rings (SSSR count). The lowest BCUT2D eigenvalue weighted by atomic mass is 9.83. The average Bonchev–Trinajstić information content (AvgIpc) is 3.08. The molecule has 0 aliphatic heterocycles. The van der Waals surface area contributed by atoms with Crippen LogP contribution in [0.1, 0.15) is 56.6 Å². The molecule has 164 valence electrons. The van der Waals surface area contributed by atoms with Crippen LogP contribution in [0, 0.1) is 5.92 Å². The molecule has 0 fully saturated rings. The maximum absolute atomic E-state index is 13.0. The van der Waals surface area contributed by atoms with Gasteiger partial charge in [0.25, 0.3) is 0 Å². The molecule has 0 amide bonds. The number of unbranched alkanes of at least 4 members (excludes halogenated alkanes) is 1. The van der Waals surface area contributed by atoms with Crippen molar-refractivity contribution in [1.29, 1.82) is 0 Å². The van der Waals surface area contributed by atoms with E-state index in [4.69, 9.17) is 10.5 Å². The third kappa shape index (κ3) is 4.88. The van der Waals surface area contributed by atoms with E-state index >= 15 is 0 Å². The van der Waals surface area contributed by atoms with Crippen LogP contribution in [0.4, 0.5) is 0 Å². The summed E-state index contributed by atoms with van der Waals surface area (Å²) in [6, 6.07) is 16.2. The van der Waals surface area contributed by atoms with E-state index < -0.39 is 23.4 Å². The second-order valence-electron chi connectivity index (χ2n) is 8.33. The molecular formula is C26H31NO4. The van der Waals surface area contributed by atoms with Gasteiger partial charge in [0.2, 0.25) is 0 Å². The molecule has 5 nitrogen and oxygen atoms in total. The van der Waals surface area contributed by atoms with E-state index in [0.29, 0.717) is 12.8 Å². The molecule has 1 aliphatic rings. The van der Waals surface area contributed by atoms with Gasteiger partial charge in [-0.05, 0) is 48.4 Å². The van der Waals surface area contributed by atoms with E-state index in [1.807, 2.05) is 48.6 Å². The van der Waals surface area contributed by atoms with Crippen molar-refractivity contribution in [3.05, 3.63) is 71.8 Å². The minimum absolute atomic E-state index is 0.0738. The zero-order valence-electron chi connectivity index (χ0n) is 18.2. The van der Waals surface area contributed by atoms with Gasteiger partial charge < -0.3 is 15.6 Å². The van der Waals surface area contributed by atoms with Crippen molar-refractivity contribution < 1.29 is 19.4 Å². The molecule has 2 aromatic carbocycles. The Balaban J connectivity index is 1.75. The van der Waals surface area contributed by atoms with Crippen LogP contribution in [-0.4, -0.2) is 29.2 Å². The van der Waals surface area contributed by atoms with E-state index in [1.54, 1.807) is 0 Å². The summed E-state index contributed by atoms with van der Waals surface area (Å²) in [5.74, 6) is -2.76. The van der Waals surface area contributed by atoms with Gasteiger partial charge in [0.1, 0.15) is 12.1 Å². The zero-order valence-corrected chi connectivity index (χ0v) is 18.2. The number of benzene rings is 2. The number of hydrogen-bond donors (Lipinski definition) is 2. The number of esters is 1. The molecule has 0 bridgehead atoms. The van der Waals surface area contributed by atoms with Gasteiger partial charge in [-0.25, -0.2) is 0 Å². The molecule has 0 aromatic heterocycles. The predicted octanol–water partition coefficient (Wildman–Crippen LogP) is 4.90. The van der Waals surface area contributed by atoms with Crippen LogP contribution in [0.2, 0.25) is 0 Å². The van der Waals surface area contributed by atoms with Crippen molar-refractivity contribution in [2.75, 3.05) is 6.61 Å². The normalized spacial score (nSPS) is 15.8. The number of carboxylic acids is 1. The Kier molecular flexibility index (Phi) is 7.29. The number of aliphatic carboxylic acids is 1. The first-order valence-corrected chi connectivity index (χ1v) is 10.9. The van der Waals surface area contributed by atoms with Crippen molar-refractivity contribution in [2.45, 2.75) is 51.0 Å². The summed E-state index contributed by atoms with van der Waals surface area (Å²) in [5.41, 5.74) is 8.88. The van der Waals surface area contributed by atoms with Gasteiger partial charge in [-0.1, -0.05) is 74.0 Å². The molecule has 1 aliphatic carbocycles. The molecular weight excluding hydrogens is 390 g/mol. The van der Waals surface area contributed by atoms with Crippen molar-refractivity contribution in [2.24, 2.45) is 11.7 Å². The van der Waals surface area contributed by atoms with Crippen LogP contribution in [0.5, 0.6) is 0 Å². The molecule has 1 unspecified atom stereocenters. The van der Waals surface area contributed by atoms with Crippen molar-refractivity contribution in [1.82, 2.24) is 0 Å². The van der Waals surface area contributed by atoms with E-state index in [0.717, 1.165) is 35.1 Å². The summed E-state index contributed by atoms with van der Waals surface area (Å²) in [4.78, 5) is 24.7. The highest BCUT2D eigenvalue weighted by Gasteiger charge is 2.43. The topological polar surface area (TPSA) is 89.6 Å². The Morgan fingerprint density at radius 2 is 1.61 bits per heavy atom. The molecule has 0 spiro atoms. The lowest BCUT2D eigenvalue weighted by molar-refractivity contribution is -0.159. The fourth-order valence-electron chi connectivity index (χ4n) is 4.18. The molecule has 0 heterocycles. The summed E-state index contributed by atoms with van der Waals surface area (Å²) in [5, 5.41) is 9.59. The second kappa shape index (κ2) is 9.92. The summed E-state index contributed by atoms with van der Waals surface area (Å²) in [6.45, 7) is 3.63. The predicted molar refractivity (Wildman–Crippen MR) is 122 cm³/mol. The number of nitrogens with two attached hydrogens (primary N) is 1. The largest absolute Gasteiger partial charge is 0.480 e. The van der Waals surface area contributed by atoms with E-state index in [1.165, 1.54) is 6.92 Å². The molecule has 2 atom stereocenters. The highest BCUT2D eigenvalue weighted by Crippen LogP contribution is 2.44. The molecule has 2 aromatic rings. The Bertz CT molecular complexity index is 918. The van der Waals surface area contributed by atoms with E-state index in [2.05, 4.69) is 19.1 Å². The van der Waals surface area contributed by atoms with Crippen LogP contribution in [-0.2, 0) is 14.3 Å². The van der Waals surface area contributed by atoms with Crippen LogP contribution in [0.15, 0.2) is 60.7 Å². The molecule has 0 radical (unpaired) electrons. The summed E-state index contributed by atoms with van der Waals surface area (Å²) in [6.07, 6.45) is 6.92. The molecule has 31 heavy (non-hydrogen) atoms. The van der Waals surface area contributed by atoms with Crippen molar-refractivity contribution in [3.8, 4) is 11.1 Å². The highest BCUT2D eigenvalue weighted by atomic mass is 16.5. The maximum Gasteiger partial charge on any atom is 0.324 e. The number of carbonyl (C=O) groups excluding carboxylic acids is 1. The summed E-state index contributed by atoms with van der Waals surface area (Å²) in [7, 11) is 0. The summed E-state index contributed by atoms with van der Waals surface area (Å²) < 4.78 is 5.71. The van der Waals surface area contributed by atoms with Crippen LogP contribution in [0.25, 0.3) is 11.1 Å².